The van der Waals surface area contributed by atoms with E-state index in [9.17, 15) is 4.79 Å². The molecule has 1 fully saturated rings. The predicted octanol–water partition coefficient (Wildman–Crippen LogP) is 2.36. The monoisotopic (exact) mass is 370 g/mol. The molecule has 1 aliphatic heterocycles. The van der Waals surface area contributed by atoms with Crippen molar-refractivity contribution in [1.82, 2.24) is 15.3 Å². The SMILES string of the molecule is COc1cccc(CCNc2cc(C(=O)NCC3CCCO3)nc(C)n2)c1. The highest BCUT2D eigenvalue weighted by atomic mass is 16.5. The van der Waals surface area contributed by atoms with Gasteiger partial charge in [0.25, 0.3) is 5.91 Å². The van der Waals surface area contributed by atoms with E-state index in [1.54, 1.807) is 20.1 Å². The van der Waals surface area contributed by atoms with E-state index < -0.39 is 0 Å². The van der Waals surface area contributed by atoms with Gasteiger partial charge in [-0.1, -0.05) is 12.1 Å². The van der Waals surface area contributed by atoms with Gasteiger partial charge >= 0.3 is 0 Å². The maximum Gasteiger partial charge on any atom is 0.270 e. The summed E-state index contributed by atoms with van der Waals surface area (Å²) in [4.78, 5) is 21.0. The Morgan fingerprint density at radius 3 is 3.00 bits per heavy atom. The summed E-state index contributed by atoms with van der Waals surface area (Å²) >= 11 is 0. The van der Waals surface area contributed by atoms with Gasteiger partial charge in [0.2, 0.25) is 0 Å². The first-order chi connectivity index (χ1) is 13.1. The van der Waals surface area contributed by atoms with Crippen molar-refractivity contribution in [3.63, 3.8) is 0 Å². The van der Waals surface area contributed by atoms with E-state index in [1.807, 2.05) is 18.2 Å². The van der Waals surface area contributed by atoms with E-state index in [1.165, 1.54) is 5.56 Å². The fraction of sp³-hybridized carbons (Fsp3) is 0.450. The fourth-order valence-corrected chi connectivity index (χ4v) is 3.04. The molecule has 0 aliphatic carbocycles. The Bertz CT molecular complexity index is 776. The van der Waals surface area contributed by atoms with E-state index in [0.717, 1.165) is 31.6 Å². The van der Waals surface area contributed by atoms with Gasteiger partial charge in [-0.3, -0.25) is 4.79 Å². The summed E-state index contributed by atoms with van der Waals surface area (Å²) in [7, 11) is 1.66. The lowest BCUT2D eigenvalue weighted by Crippen LogP contribution is -2.32. The first-order valence-corrected chi connectivity index (χ1v) is 9.26. The highest BCUT2D eigenvalue weighted by molar-refractivity contribution is 5.92. The Balaban J connectivity index is 1.54. The number of hydrogen-bond donors (Lipinski definition) is 2. The van der Waals surface area contributed by atoms with Crippen molar-refractivity contribution in [2.45, 2.75) is 32.3 Å². The highest BCUT2D eigenvalue weighted by Crippen LogP contribution is 2.14. The zero-order valence-electron chi connectivity index (χ0n) is 15.8. The number of nitrogens with one attached hydrogen (secondary N) is 2. The van der Waals surface area contributed by atoms with Crippen molar-refractivity contribution in [3.05, 3.63) is 47.4 Å². The normalized spacial score (nSPS) is 16.1. The lowest BCUT2D eigenvalue weighted by Gasteiger charge is -2.12. The molecule has 1 saturated heterocycles. The number of ether oxygens (including phenoxy) is 2. The van der Waals surface area contributed by atoms with E-state index in [2.05, 4.69) is 26.7 Å². The van der Waals surface area contributed by atoms with Crippen LogP contribution in [0, 0.1) is 6.92 Å². The summed E-state index contributed by atoms with van der Waals surface area (Å²) in [5, 5.41) is 6.16. The first kappa shape index (κ1) is 19.1. The molecule has 3 rings (SSSR count). The van der Waals surface area contributed by atoms with Gasteiger partial charge in [-0.2, -0.15) is 0 Å². The molecule has 0 bridgehead atoms. The van der Waals surface area contributed by atoms with Gasteiger partial charge in [-0.05, 0) is 43.9 Å². The maximum atomic E-state index is 12.4. The van der Waals surface area contributed by atoms with Gasteiger partial charge in [0.05, 0.1) is 13.2 Å². The van der Waals surface area contributed by atoms with Crippen LogP contribution in [0.1, 0.15) is 34.7 Å². The number of aromatic nitrogens is 2. The van der Waals surface area contributed by atoms with Crippen molar-refractivity contribution in [1.29, 1.82) is 0 Å². The molecule has 1 aromatic heterocycles. The summed E-state index contributed by atoms with van der Waals surface area (Å²) in [5.74, 6) is 1.85. The molecule has 144 valence electrons. The van der Waals surface area contributed by atoms with Gasteiger partial charge in [0, 0.05) is 25.8 Å². The fourth-order valence-electron chi connectivity index (χ4n) is 3.04. The molecule has 1 unspecified atom stereocenters. The Kier molecular flexibility index (Phi) is 6.59. The number of methoxy groups -OCH3 is 1. The van der Waals surface area contributed by atoms with Crippen LogP contribution in [-0.4, -0.2) is 48.8 Å². The molecule has 2 N–H and O–H groups in total. The third-order valence-corrected chi connectivity index (χ3v) is 4.44. The van der Waals surface area contributed by atoms with Crippen LogP contribution in [0.4, 0.5) is 5.82 Å². The van der Waals surface area contributed by atoms with Gasteiger partial charge < -0.3 is 20.1 Å². The summed E-state index contributed by atoms with van der Waals surface area (Å²) < 4.78 is 10.8. The third kappa shape index (κ3) is 5.65. The topological polar surface area (TPSA) is 85.4 Å². The van der Waals surface area contributed by atoms with Crippen LogP contribution in [0.15, 0.2) is 30.3 Å². The Morgan fingerprint density at radius 1 is 1.33 bits per heavy atom. The number of nitrogens with zero attached hydrogens (tertiary/aromatic N) is 2. The van der Waals surface area contributed by atoms with Crippen LogP contribution < -0.4 is 15.4 Å². The second-order valence-corrected chi connectivity index (χ2v) is 6.56. The number of carbonyl (C=O) groups excluding carboxylic acids is 1. The van der Waals surface area contributed by atoms with Crippen molar-refractivity contribution < 1.29 is 14.3 Å². The molecule has 1 atom stereocenters. The Labute approximate surface area is 159 Å². The number of benzene rings is 1. The lowest BCUT2D eigenvalue weighted by molar-refractivity contribution is 0.0853. The number of aryl methyl sites for hydroxylation is 1. The Hall–Kier alpha value is -2.67. The number of hydrogen-bond acceptors (Lipinski definition) is 6. The molecule has 7 heteroatoms. The quantitative estimate of drug-likeness (QED) is 0.742. The molecular weight excluding hydrogens is 344 g/mol. The van der Waals surface area contributed by atoms with Crippen LogP contribution in [0.25, 0.3) is 0 Å². The van der Waals surface area contributed by atoms with Gasteiger partial charge in [-0.25, -0.2) is 9.97 Å². The minimum Gasteiger partial charge on any atom is -0.497 e. The van der Waals surface area contributed by atoms with Crippen molar-refractivity contribution in [2.75, 3.05) is 32.1 Å². The molecule has 7 nitrogen and oxygen atoms in total. The van der Waals surface area contributed by atoms with E-state index in [0.29, 0.717) is 30.4 Å². The predicted molar refractivity (Wildman–Crippen MR) is 103 cm³/mol. The first-order valence-electron chi connectivity index (χ1n) is 9.26. The minimum atomic E-state index is -0.202. The molecule has 27 heavy (non-hydrogen) atoms. The number of carbonyl (C=O) groups is 1. The van der Waals surface area contributed by atoms with E-state index in [-0.39, 0.29) is 12.0 Å². The van der Waals surface area contributed by atoms with Gasteiger partial charge in [-0.15, -0.1) is 0 Å². The molecule has 0 radical (unpaired) electrons. The van der Waals surface area contributed by atoms with E-state index >= 15 is 0 Å². The summed E-state index contributed by atoms with van der Waals surface area (Å²) in [6.45, 7) is 3.76. The zero-order chi connectivity index (χ0) is 19.1. The molecule has 1 amide bonds. The van der Waals surface area contributed by atoms with Gasteiger partial charge in [0.1, 0.15) is 23.1 Å². The van der Waals surface area contributed by atoms with Crippen molar-refractivity contribution >= 4 is 11.7 Å². The largest absolute Gasteiger partial charge is 0.497 e. The molecule has 1 aliphatic rings. The van der Waals surface area contributed by atoms with Crippen LogP contribution in [0.2, 0.25) is 0 Å². The molecular formula is C20H26N4O3. The zero-order valence-corrected chi connectivity index (χ0v) is 15.8. The molecule has 2 aromatic rings. The van der Waals surface area contributed by atoms with Crippen molar-refractivity contribution in [2.24, 2.45) is 0 Å². The highest BCUT2D eigenvalue weighted by Gasteiger charge is 2.17. The molecule has 2 heterocycles. The van der Waals surface area contributed by atoms with Crippen LogP contribution in [-0.2, 0) is 11.2 Å². The average Bonchev–Trinajstić information content (AvgIpc) is 3.19. The standard InChI is InChI=1S/C20H26N4O3/c1-14-23-18(20(25)22-13-17-7-4-10-27-17)12-19(24-14)21-9-8-15-5-3-6-16(11-15)26-2/h3,5-6,11-12,17H,4,7-10,13H2,1-2H3,(H,22,25)(H,21,23,24). The maximum absolute atomic E-state index is 12.4. The van der Waals surface area contributed by atoms with Crippen LogP contribution >= 0.6 is 0 Å². The van der Waals surface area contributed by atoms with Crippen LogP contribution in [0.5, 0.6) is 5.75 Å². The summed E-state index contributed by atoms with van der Waals surface area (Å²) in [6, 6.07) is 9.64. The minimum absolute atomic E-state index is 0.109. The second kappa shape index (κ2) is 9.32. The number of rotatable bonds is 8. The molecule has 0 saturated carbocycles. The Morgan fingerprint density at radius 2 is 2.22 bits per heavy atom. The van der Waals surface area contributed by atoms with E-state index in [4.69, 9.17) is 9.47 Å². The second-order valence-electron chi connectivity index (χ2n) is 6.56. The smallest absolute Gasteiger partial charge is 0.270 e. The lowest BCUT2D eigenvalue weighted by atomic mass is 10.1. The molecule has 0 spiro atoms. The average molecular weight is 370 g/mol. The number of anilines is 1. The molecule has 1 aromatic carbocycles. The summed E-state index contributed by atoms with van der Waals surface area (Å²) in [5.41, 5.74) is 1.53. The summed E-state index contributed by atoms with van der Waals surface area (Å²) in [6.07, 6.45) is 2.97. The number of amides is 1. The van der Waals surface area contributed by atoms with Crippen LogP contribution in [0.3, 0.4) is 0 Å². The third-order valence-electron chi connectivity index (χ3n) is 4.44. The van der Waals surface area contributed by atoms with Gasteiger partial charge in [0.15, 0.2) is 0 Å². The van der Waals surface area contributed by atoms with Crippen molar-refractivity contribution in [3.8, 4) is 5.75 Å².